The molecule has 0 aliphatic carbocycles. The maximum absolute atomic E-state index is 13.9. The second-order valence-electron chi connectivity index (χ2n) is 13.5. The van der Waals surface area contributed by atoms with Crippen molar-refractivity contribution in [2.75, 3.05) is 46.5 Å². The number of amides is 2. The number of benzene rings is 4. The van der Waals surface area contributed by atoms with Crippen LogP contribution in [0.3, 0.4) is 0 Å². The number of nitrogens with zero attached hydrogens (tertiary/aromatic N) is 2. The van der Waals surface area contributed by atoms with Crippen LogP contribution >= 0.6 is 0 Å². The van der Waals surface area contributed by atoms with E-state index in [1.807, 2.05) is 122 Å². The number of piperidine rings is 1. The SMILES string of the molecule is CCOC(CCN(Cc1cccc(OC)c1)C(=O)c1ccc(COc2cccc([C@@H](NC(=O)O[C@H]3CN4CCC3C4)c3ccccc3)c2)cc1)OCC. The molecule has 0 spiro atoms. The summed E-state index contributed by atoms with van der Waals surface area (Å²) in [5.41, 5.74) is 4.30. The van der Waals surface area contributed by atoms with Crippen molar-refractivity contribution < 1.29 is 33.3 Å². The van der Waals surface area contributed by atoms with Gasteiger partial charge in [-0.05, 0) is 85.5 Å². The Labute approximate surface area is 312 Å². The van der Waals surface area contributed by atoms with Gasteiger partial charge in [-0.1, -0.05) is 66.7 Å². The average molecular weight is 722 g/mol. The molecule has 4 aromatic rings. The van der Waals surface area contributed by atoms with Crippen LogP contribution in [0.5, 0.6) is 11.5 Å². The number of nitrogens with one attached hydrogen (secondary N) is 1. The van der Waals surface area contributed by atoms with Gasteiger partial charge in [0.2, 0.25) is 0 Å². The molecule has 6 rings (SSSR count). The van der Waals surface area contributed by atoms with Crippen LogP contribution in [0.15, 0.2) is 103 Å². The normalized spacial score (nSPS) is 18.1. The molecule has 2 fully saturated rings. The van der Waals surface area contributed by atoms with E-state index in [1.165, 1.54) is 0 Å². The first-order valence-corrected chi connectivity index (χ1v) is 18.6. The number of hydrogen-bond acceptors (Lipinski definition) is 8. The van der Waals surface area contributed by atoms with Crippen LogP contribution in [0, 0.1) is 5.92 Å². The number of hydrogen-bond donors (Lipinski definition) is 1. The van der Waals surface area contributed by atoms with Crippen molar-refractivity contribution in [3.8, 4) is 11.5 Å². The first-order chi connectivity index (χ1) is 25.9. The fourth-order valence-electron chi connectivity index (χ4n) is 7.13. The molecule has 10 heteroatoms. The Hall–Kier alpha value is -4.90. The quantitative estimate of drug-likeness (QED) is 0.108. The molecule has 53 heavy (non-hydrogen) atoms. The average Bonchev–Trinajstić information content (AvgIpc) is 3.82. The summed E-state index contributed by atoms with van der Waals surface area (Å²) in [4.78, 5) is 31.2. The van der Waals surface area contributed by atoms with Crippen molar-refractivity contribution >= 4 is 12.0 Å². The Kier molecular flexibility index (Phi) is 13.4. The van der Waals surface area contributed by atoms with E-state index in [9.17, 15) is 9.59 Å². The van der Waals surface area contributed by atoms with Crippen molar-refractivity contribution in [1.82, 2.24) is 15.1 Å². The number of fused-ring (bicyclic) bond motifs is 2. The lowest BCUT2D eigenvalue weighted by Crippen LogP contribution is -2.37. The number of methoxy groups -OCH3 is 1. The van der Waals surface area contributed by atoms with Crippen molar-refractivity contribution in [2.45, 2.75) is 58.3 Å². The minimum Gasteiger partial charge on any atom is -0.497 e. The molecule has 0 radical (unpaired) electrons. The van der Waals surface area contributed by atoms with Gasteiger partial charge in [-0.2, -0.15) is 0 Å². The van der Waals surface area contributed by atoms with E-state index in [2.05, 4.69) is 10.2 Å². The Morgan fingerprint density at radius 3 is 2.26 bits per heavy atom. The molecule has 2 saturated heterocycles. The molecule has 4 atom stereocenters. The first-order valence-electron chi connectivity index (χ1n) is 18.6. The molecule has 2 unspecified atom stereocenters. The standard InChI is InChI=1S/C43H51N3O7/c1-4-50-40(51-5-2)22-24-46(27-32-11-9-15-37(25-32)49-3)42(47)34-19-17-31(18-20-34)30-52-38-16-10-14-35(26-38)41(33-12-7-6-8-13-33)44-43(48)53-39-29-45-23-21-36(39)28-45/h6-20,25-26,36,39-41H,4-5,21-24,27-30H2,1-3H3,(H,44,48)/t36?,39-,41-/m0/s1. The van der Waals surface area contributed by atoms with Crippen molar-refractivity contribution in [1.29, 1.82) is 0 Å². The van der Waals surface area contributed by atoms with Gasteiger partial charge in [-0.25, -0.2) is 4.79 Å². The van der Waals surface area contributed by atoms with Crippen LogP contribution in [-0.2, 0) is 27.4 Å². The highest BCUT2D eigenvalue weighted by atomic mass is 16.7. The molecule has 2 bridgehead atoms. The Morgan fingerprint density at radius 1 is 0.830 bits per heavy atom. The van der Waals surface area contributed by atoms with E-state index in [4.69, 9.17) is 23.7 Å². The zero-order valence-corrected chi connectivity index (χ0v) is 30.9. The molecular formula is C43H51N3O7. The lowest BCUT2D eigenvalue weighted by molar-refractivity contribution is -0.141. The van der Waals surface area contributed by atoms with Gasteiger partial charge in [0.15, 0.2) is 6.29 Å². The number of alkyl carbamates (subject to hydrolysis) is 1. The van der Waals surface area contributed by atoms with Crippen LogP contribution in [0.4, 0.5) is 4.79 Å². The highest BCUT2D eigenvalue weighted by Gasteiger charge is 2.40. The third-order valence-electron chi connectivity index (χ3n) is 9.86. The maximum atomic E-state index is 13.9. The summed E-state index contributed by atoms with van der Waals surface area (Å²) >= 11 is 0. The van der Waals surface area contributed by atoms with Crippen molar-refractivity contribution in [3.05, 3.63) is 131 Å². The van der Waals surface area contributed by atoms with Gasteiger partial charge in [0.1, 0.15) is 24.2 Å². The molecular weight excluding hydrogens is 670 g/mol. The predicted octanol–water partition coefficient (Wildman–Crippen LogP) is 7.23. The van der Waals surface area contributed by atoms with E-state index < -0.39 is 12.1 Å². The summed E-state index contributed by atoms with van der Waals surface area (Å²) in [5.74, 6) is 1.74. The zero-order chi connectivity index (χ0) is 37.0. The van der Waals surface area contributed by atoms with Crippen molar-refractivity contribution in [2.24, 2.45) is 5.92 Å². The summed E-state index contributed by atoms with van der Waals surface area (Å²) in [6.45, 7) is 9.00. The molecule has 2 aliphatic rings. The maximum Gasteiger partial charge on any atom is 0.408 e. The van der Waals surface area contributed by atoms with E-state index in [-0.39, 0.29) is 18.3 Å². The topological polar surface area (TPSA) is 98.8 Å². The third-order valence-corrected chi connectivity index (χ3v) is 9.86. The molecule has 0 saturated carbocycles. The van der Waals surface area contributed by atoms with Gasteiger partial charge in [0.25, 0.3) is 5.91 Å². The van der Waals surface area contributed by atoms with Gasteiger partial charge in [0.05, 0.1) is 13.2 Å². The largest absolute Gasteiger partial charge is 0.497 e. The fourth-order valence-corrected chi connectivity index (χ4v) is 7.13. The minimum absolute atomic E-state index is 0.0688. The number of carbonyl (C=O) groups is 2. The van der Waals surface area contributed by atoms with Crippen LogP contribution in [0.25, 0.3) is 0 Å². The van der Waals surface area contributed by atoms with E-state index >= 15 is 0 Å². The molecule has 2 aliphatic heterocycles. The van der Waals surface area contributed by atoms with Gasteiger partial charge in [-0.15, -0.1) is 0 Å². The summed E-state index contributed by atoms with van der Waals surface area (Å²) in [6, 6.07) is 32.5. The first kappa shape index (κ1) is 37.8. The number of carbonyl (C=O) groups excluding carboxylic acids is 2. The molecule has 10 nitrogen and oxygen atoms in total. The fraction of sp³-hybridized carbons (Fsp3) is 0.395. The third kappa shape index (κ3) is 10.4. The summed E-state index contributed by atoms with van der Waals surface area (Å²) in [6.07, 6.45) is 0.751. The van der Waals surface area contributed by atoms with Gasteiger partial charge in [-0.3, -0.25) is 9.69 Å². The van der Waals surface area contributed by atoms with E-state index in [1.54, 1.807) is 7.11 Å². The Balaban J connectivity index is 1.10. The predicted molar refractivity (Wildman–Crippen MR) is 203 cm³/mol. The minimum atomic E-state index is -0.413. The lowest BCUT2D eigenvalue weighted by atomic mass is 9.98. The smallest absolute Gasteiger partial charge is 0.408 e. The molecule has 2 heterocycles. The number of rotatable bonds is 18. The highest BCUT2D eigenvalue weighted by molar-refractivity contribution is 5.94. The van der Waals surface area contributed by atoms with Crippen LogP contribution < -0.4 is 14.8 Å². The van der Waals surface area contributed by atoms with Crippen LogP contribution in [0.1, 0.15) is 65.3 Å². The monoisotopic (exact) mass is 721 g/mol. The van der Waals surface area contributed by atoms with Crippen LogP contribution in [-0.4, -0.2) is 80.7 Å². The van der Waals surface area contributed by atoms with E-state index in [0.29, 0.717) is 56.6 Å². The van der Waals surface area contributed by atoms with Gasteiger partial charge in [0, 0.05) is 57.3 Å². The molecule has 2 amide bonds. The summed E-state index contributed by atoms with van der Waals surface area (Å²) < 4.78 is 29.1. The summed E-state index contributed by atoms with van der Waals surface area (Å²) in [7, 11) is 1.63. The molecule has 1 N–H and O–H groups in total. The Morgan fingerprint density at radius 2 is 1.57 bits per heavy atom. The Bertz CT molecular complexity index is 1760. The second kappa shape index (κ2) is 18.7. The van der Waals surface area contributed by atoms with E-state index in [0.717, 1.165) is 54.1 Å². The highest BCUT2D eigenvalue weighted by Crippen LogP contribution is 2.31. The second-order valence-corrected chi connectivity index (χ2v) is 13.5. The number of ether oxygens (including phenoxy) is 5. The van der Waals surface area contributed by atoms with Crippen LogP contribution in [0.2, 0.25) is 0 Å². The molecule has 4 aromatic carbocycles. The summed E-state index contributed by atoms with van der Waals surface area (Å²) in [5, 5.41) is 3.12. The van der Waals surface area contributed by atoms with Gasteiger partial charge < -0.3 is 33.9 Å². The molecule has 0 aromatic heterocycles. The molecule has 280 valence electrons. The van der Waals surface area contributed by atoms with Gasteiger partial charge >= 0.3 is 6.09 Å². The zero-order valence-electron chi connectivity index (χ0n) is 30.9. The van der Waals surface area contributed by atoms with Crippen molar-refractivity contribution in [3.63, 3.8) is 0 Å². The lowest BCUT2D eigenvalue weighted by Gasteiger charge is -2.26.